The third kappa shape index (κ3) is 6.21. The number of fused-ring (bicyclic) bond motifs is 2. The molecule has 2 N–H and O–H groups in total. The van der Waals surface area contributed by atoms with Crippen LogP contribution in [0.1, 0.15) is 93.7 Å². The van der Waals surface area contributed by atoms with Crippen molar-refractivity contribution in [2.45, 2.75) is 83.3 Å². The summed E-state index contributed by atoms with van der Waals surface area (Å²) in [7, 11) is 0. The number of carbonyl (C=O) groups excluding carboxylic acids is 5. The second kappa shape index (κ2) is 13.3. The van der Waals surface area contributed by atoms with Crippen LogP contribution in [0.3, 0.4) is 0 Å². The molecule has 4 heterocycles. The minimum Gasteiger partial charge on any atom is -0.490 e. The topological polar surface area (TPSA) is 152 Å². The quantitative estimate of drug-likeness (QED) is 0.333. The molecule has 272 valence electrons. The standard InChI is InChI=1S/C40H39ClN6O6/c1-40(2)33(18-34(40)53-28-8-5-23(19-42)31(41)17-28)43-36(49)22-3-6-26(7-4-22)45-13-11-27(12-14-45)46-20-24-15-29-30(16-25(24)21-46)39(52)47(38(29)51)32-9-10-35(48)44-37(32)50/h3-8,15-17,27,32-34H,9-14,18,20-21H2,1-2H3,(H,43,49)(H,44,48,50)/t32?,33-,34-/m0/s1. The van der Waals surface area contributed by atoms with Crippen molar-refractivity contribution in [3.8, 4) is 11.8 Å². The number of nitrogens with zero attached hydrogens (tertiary/aromatic N) is 4. The lowest BCUT2D eigenvalue weighted by Crippen LogP contribution is -2.63. The first-order valence-electron chi connectivity index (χ1n) is 18.0. The van der Waals surface area contributed by atoms with Gasteiger partial charge in [-0.3, -0.25) is 39.1 Å². The summed E-state index contributed by atoms with van der Waals surface area (Å²) in [5.41, 5.74) is 4.46. The molecule has 3 fully saturated rings. The Morgan fingerprint density at radius 1 is 0.943 bits per heavy atom. The number of piperidine rings is 2. The number of imide groups is 2. The molecule has 5 amide bonds. The zero-order valence-electron chi connectivity index (χ0n) is 29.5. The minimum absolute atomic E-state index is 0.0567. The maximum Gasteiger partial charge on any atom is 0.262 e. The summed E-state index contributed by atoms with van der Waals surface area (Å²) in [4.78, 5) is 69.6. The molecule has 4 aliphatic heterocycles. The zero-order chi connectivity index (χ0) is 37.2. The van der Waals surface area contributed by atoms with Crippen LogP contribution in [0.15, 0.2) is 54.6 Å². The summed E-state index contributed by atoms with van der Waals surface area (Å²) >= 11 is 6.17. The van der Waals surface area contributed by atoms with Crippen molar-refractivity contribution in [1.29, 1.82) is 5.26 Å². The largest absolute Gasteiger partial charge is 0.490 e. The van der Waals surface area contributed by atoms with Crippen molar-refractivity contribution >= 4 is 46.8 Å². The monoisotopic (exact) mass is 734 g/mol. The fraction of sp³-hybridized carbons (Fsp3) is 0.400. The molecule has 0 spiro atoms. The first-order chi connectivity index (χ1) is 25.4. The number of carbonyl (C=O) groups is 5. The molecular formula is C40H39ClN6O6. The second-order valence-electron chi connectivity index (χ2n) is 15.2. The van der Waals surface area contributed by atoms with Gasteiger partial charge in [0.05, 0.1) is 21.7 Å². The van der Waals surface area contributed by atoms with Gasteiger partial charge in [0.1, 0.15) is 24.0 Å². The van der Waals surface area contributed by atoms with Crippen LogP contribution < -0.4 is 20.3 Å². The molecule has 13 heteroatoms. The lowest BCUT2D eigenvalue weighted by molar-refractivity contribution is -0.136. The summed E-state index contributed by atoms with van der Waals surface area (Å²) in [5, 5.41) is 14.9. The van der Waals surface area contributed by atoms with Crippen LogP contribution in [0.5, 0.6) is 5.75 Å². The van der Waals surface area contributed by atoms with Crippen LogP contribution in [-0.2, 0) is 22.7 Å². The van der Waals surface area contributed by atoms with Gasteiger partial charge in [-0.25, -0.2) is 0 Å². The number of halogens is 1. The fourth-order valence-electron chi connectivity index (χ4n) is 8.36. The lowest BCUT2D eigenvalue weighted by atomic mass is 9.64. The highest BCUT2D eigenvalue weighted by Crippen LogP contribution is 2.44. The molecule has 8 rings (SSSR count). The average Bonchev–Trinajstić information content (AvgIpc) is 3.67. The van der Waals surface area contributed by atoms with Gasteiger partial charge >= 0.3 is 0 Å². The molecule has 0 bridgehead atoms. The number of anilines is 1. The molecule has 3 aromatic carbocycles. The maximum absolute atomic E-state index is 13.3. The Balaban J connectivity index is 0.826. The van der Waals surface area contributed by atoms with Crippen LogP contribution in [0.25, 0.3) is 0 Å². The summed E-state index contributed by atoms with van der Waals surface area (Å²) in [6, 6.07) is 17.8. The molecule has 1 unspecified atom stereocenters. The number of benzene rings is 3. The van der Waals surface area contributed by atoms with E-state index in [1.54, 1.807) is 18.2 Å². The van der Waals surface area contributed by atoms with E-state index in [1.165, 1.54) is 0 Å². The molecule has 0 aromatic heterocycles. The molecule has 53 heavy (non-hydrogen) atoms. The van der Waals surface area contributed by atoms with Crippen molar-refractivity contribution in [3.05, 3.63) is 93.0 Å². The minimum atomic E-state index is -0.970. The number of nitrogens with one attached hydrogen (secondary N) is 2. The van der Waals surface area contributed by atoms with Crippen molar-refractivity contribution in [2.24, 2.45) is 5.41 Å². The number of nitriles is 1. The second-order valence-corrected chi connectivity index (χ2v) is 15.6. The van der Waals surface area contributed by atoms with Crippen LogP contribution in [0.4, 0.5) is 5.69 Å². The van der Waals surface area contributed by atoms with Crippen molar-refractivity contribution < 1.29 is 28.7 Å². The SMILES string of the molecule is CC1(C)[C@@H](NC(=O)c2ccc(N3CCC(N4Cc5cc6c(cc5C4)C(=O)N(C4CCC(=O)NC4=O)C6=O)CC3)cc2)C[C@@H]1Oc1ccc(C#N)c(Cl)c1. The highest BCUT2D eigenvalue weighted by atomic mass is 35.5. The Hall–Kier alpha value is -5.25. The van der Waals surface area contributed by atoms with Gasteiger partial charge in [0, 0.05) is 73.8 Å². The summed E-state index contributed by atoms with van der Waals surface area (Å²) in [6.07, 6.45) is 2.68. The van der Waals surface area contributed by atoms with Crippen LogP contribution in [0, 0.1) is 16.7 Å². The van der Waals surface area contributed by atoms with Gasteiger partial charge in [0.15, 0.2) is 0 Å². The normalized spacial score (nSPS) is 23.9. The molecule has 3 atom stereocenters. The number of hydrogen-bond donors (Lipinski definition) is 2. The van der Waals surface area contributed by atoms with Crippen molar-refractivity contribution in [2.75, 3.05) is 18.0 Å². The predicted molar refractivity (Wildman–Crippen MR) is 194 cm³/mol. The third-order valence-corrected chi connectivity index (χ3v) is 12.1. The van der Waals surface area contributed by atoms with Gasteiger partial charge in [-0.15, -0.1) is 0 Å². The molecule has 1 aliphatic carbocycles. The maximum atomic E-state index is 13.3. The van der Waals surface area contributed by atoms with Crippen LogP contribution in [0.2, 0.25) is 5.02 Å². The summed E-state index contributed by atoms with van der Waals surface area (Å²) < 4.78 is 6.16. The molecule has 0 radical (unpaired) electrons. The summed E-state index contributed by atoms with van der Waals surface area (Å²) in [6.45, 7) is 7.23. The van der Waals surface area contributed by atoms with E-state index in [2.05, 4.69) is 34.3 Å². The lowest BCUT2D eigenvalue weighted by Gasteiger charge is -2.51. The van der Waals surface area contributed by atoms with Crippen LogP contribution in [-0.4, -0.2) is 76.7 Å². The van der Waals surface area contributed by atoms with E-state index in [1.807, 2.05) is 42.5 Å². The fourth-order valence-corrected chi connectivity index (χ4v) is 8.57. The average molecular weight is 735 g/mol. The van der Waals surface area contributed by atoms with E-state index in [9.17, 15) is 24.0 Å². The van der Waals surface area contributed by atoms with E-state index in [4.69, 9.17) is 21.6 Å². The number of ether oxygens (including phenoxy) is 1. The van der Waals surface area contributed by atoms with Crippen molar-refractivity contribution in [1.82, 2.24) is 20.4 Å². The van der Waals surface area contributed by atoms with Crippen LogP contribution >= 0.6 is 11.6 Å². The Kier molecular flexibility index (Phi) is 8.74. The van der Waals surface area contributed by atoms with Crippen molar-refractivity contribution in [3.63, 3.8) is 0 Å². The highest BCUT2D eigenvalue weighted by molar-refractivity contribution is 6.31. The van der Waals surface area contributed by atoms with Gasteiger partial charge < -0.3 is 15.0 Å². The number of hydrogen-bond acceptors (Lipinski definition) is 9. The molecular weight excluding hydrogens is 696 g/mol. The molecule has 12 nitrogen and oxygen atoms in total. The van der Waals surface area contributed by atoms with E-state index in [-0.39, 0.29) is 36.3 Å². The van der Waals surface area contributed by atoms with E-state index in [0.29, 0.717) is 58.6 Å². The van der Waals surface area contributed by atoms with Gasteiger partial charge in [-0.05, 0) is 78.9 Å². The van der Waals surface area contributed by atoms with Gasteiger partial charge in [-0.2, -0.15) is 5.26 Å². The molecule has 1 saturated carbocycles. The van der Waals surface area contributed by atoms with E-state index < -0.39 is 29.7 Å². The molecule has 5 aliphatic rings. The Morgan fingerprint density at radius 3 is 2.19 bits per heavy atom. The zero-order valence-corrected chi connectivity index (χ0v) is 30.2. The molecule has 3 aromatic rings. The highest BCUT2D eigenvalue weighted by Gasteiger charge is 2.51. The predicted octanol–water partition coefficient (Wildman–Crippen LogP) is 4.57. The Bertz CT molecular complexity index is 2060. The Labute approximate surface area is 312 Å². The first-order valence-corrected chi connectivity index (χ1v) is 18.4. The van der Waals surface area contributed by atoms with Gasteiger partial charge in [-0.1, -0.05) is 25.4 Å². The van der Waals surface area contributed by atoms with Gasteiger partial charge in [0.2, 0.25) is 11.8 Å². The first kappa shape index (κ1) is 34.8. The van der Waals surface area contributed by atoms with E-state index >= 15 is 0 Å². The number of rotatable bonds is 7. The third-order valence-electron chi connectivity index (χ3n) is 11.8. The molecule has 2 saturated heterocycles. The summed E-state index contributed by atoms with van der Waals surface area (Å²) in [5.74, 6) is -1.48. The number of amides is 5. The Morgan fingerprint density at radius 2 is 1.60 bits per heavy atom. The smallest absolute Gasteiger partial charge is 0.262 e. The van der Waals surface area contributed by atoms with E-state index in [0.717, 1.165) is 47.6 Å². The van der Waals surface area contributed by atoms with Gasteiger partial charge in [0.25, 0.3) is 17.7 Å².